The summed E-state index contributed by atoms with van der Waals surface area (Å²) in [4.78, 5) is 12.4. The van der Waals surface area contributed by atoms with Gasteiger partial charge in [0.15, 0.2) is 0 Å². The van der Waals surface area contributed by atoms with Gasteiger partial charge in [0.2, 0.25) is 5.91 Å². The summed E-state index contributed by atoms with van der Waals surface area (Å²) in [6.07, 6.45) is 6.56. The van der Waals surface area contributed by atoms with Crippen molar-refractivity contribution in [1.29, 1.82) is 0 Å². The molecule has 2 heterocycles. The Balaban J connectivity index is 1.35. The van der Waals surface area contributed by atoms with E-state index in [9.17, 15) is 9.18 Å². The molecule has 0 bridgehead atoms. The van der Waals surface area contributed by atoms with Crippen LogP contribution in [0.15, 0.2) is 0 Å². The first-order valence-corrected chi connectivity index (χ1v) is 9.80. The minimum atomic E-state index is -0.574. The van der Waals surface area contributed by atoms with Gasteiger partial charge in [-0.2, -0.15) is 0 Å². The van der Waals surface area contributed by atoms with Crippen molar-refractivity contribution in [2.24, 2.45) is 17.8 Å². The molecule has 0 aromatic carbocycles. The standard InChI is InChI=1S/C18H33FN4O/c1-2-23-12-15(11-21-23)18(24)22-17-7-6-14(10-20-17)8-13-4-3-5-16(19)9-13/h13-17,20-21H,2-12H2,1H3,(H,22,24). The smallest absolute Gasteiger partial charge is 0.227 e. The Hall–Kier alpha value is -0.720. The zero-order valence-electron chi connectivity index (χ0n) is 14.9. The molecule has 5 nitrogen and oxygen atoms in total. The Labute approximate surface area is 145 Å². The van der Waals surface area contributed by atoms with Crippen LogP contribution < -0.4 is 16.1 Å². The average Bonchev–Trinajstić information content (AvgIpc) is 3.06. The van der Waals surface area contributed by atoms with E-state index in [0.717, 1.165) is 64.7 Å². The van der Waals surface area contributed by atoms with Crippen LogP contribution in [0.4, 0.5) is 4.39 Å². The largest absolute Gasteiger partial charge is 0.340 e. The number of rotatable bonds is 5. The maximum absolute atomic E-state index is 13.5. The third-order valence-electron chi connectivity index (χ3n) is 5.97. The molecule has 5 unspecified atom stereocenters. The van der Waals surface area contributed by atoms with Crippen molar-refractivity contribution in [3.8, 4) is 0 Å². The Morgan fingerprint density at radius 1 is 1.21 bits per heavy atom. The number of hydrogen-bond donors (Lipinski definition) is 3. The van der Waals surface area contributed by atoms with Gasteiger partial charge in [0.1, 0.15) is 6.17 Å². The lowest BCUT2D eigenvalue weighted by atomic mass is 9.80. The third kappa shape index (κ3) is 4.90. The molecule has 6 heteroatoms. The Morgan fingerprint density at radius 3 is 2.75 bits per heavy atom. The molecule has 0 aromatic heterocycles. The normalized spacial score (nSPS) is 38.2. The molecule has 2 aliphatic heterocycles. The van der Waals surface area contributed by atoms with Gasteiger partial charge in [-0.05, 0) is 50.5 Å². The molecule has 0 radical (unpaired) electrons. The molecule has 2 saturated heterocycles. The zero-order valence-corrected chi connectivity index (χ0v) is 14.9. The van der Waals surface area contributed by atoms with Gasteiger partial charge in [-0.3, -0.25) is 15.5 Å². The van der Waals surface area contributed by atoms with E-state index < -0.39 is 6.17 Å². The van der Waals surface area contributed by atoms with Gasteiger partial charge in [-0.25, -0.2) is 9.40 Å². The molecule has 3 aliphatic rings. The lowest BCUT2D eigenvalue weighted by molar-refractivity contribution is -0.125. The second-order valence-electron chi connectivity index (χ2n) is 7.88. The summed E-state index contributed by atoms with van der Waals surface area (Å²) < 4.78 is 13.5. The van der Waals surface area contributed by atoms with Crippen LogP contribution in [0.3, 0.4) is 0 Å². The molecule has 1 amide bonds. The highest BCUT2D eigenvalue weighted by atomic mass is 19.1. The number of carbonyl (C=O) groups excluding carboxylic acids is 1. The summed E-state index contributed by atoms with van der Waals surface area (Å²) in [6.45, 7) is 5.49. The van der Waals surface area contributed by atoms with Crippen molar-refractivity contribution in [2.75, 3.05) is 26.2 Å². The van der Waals surface area contributed by atoms with Crippen LogP contribution in [0.25, 0.3) is 0 Å². The van der Waals surface area contributed by atoms with Crippen LogP contribution in [0.5, 0.6) is 0 Å². The van der Waals surface area contributed by atoms with E-state index in [-0.39, 0.29) is 18.0 Å². The molecular formula is C18H33FN4O. The number of hydrogen-bond acceptors (Lipinski definition) is 4. The highest BCUT2D eigenvalue weighted by Gasteiger charge is 2.31. The van der Waals surface area contributed by atoms with E-state index in [4.69, 9.17) is 0 Å². The van der Waals surface area contributed by atoms with Gasteiger partial charge in [0, 0.05) is 19.6 Å². The van der Waals surface area contributed by atoms with Crippen LogP contribution in [-0.4, -0.2) is 49.4 Å². The second-order valence-corrected chi connectivity index (χ2v) is 7.88. The minimum Gasteiger partial charge on any atom is -0.340 e. The number of halogens is 1. The molecule has 0 spiro atoms. The monoisotopic (exact) mass is 340 g/mol. The quantitative estimate of drug-likeness (QED) is 0.714. The molecule has 24 heavy (non-hydrogen) atoms. The molecule has 5 atom stereocenters. The van der Waals surface area contributed by atoms with Gasteiger partial charge < -0.3 is 5.32 Å². The molecule has 1 saturated carbocycles. The fourth-order valence-electron chi connectivity index (χ4n) is 4.49. The Morgan fingerprint density at radius 2 is 2.08 bits per heavy atom. The predicted molar refractivity (Wildman–Crippen MR) is 92.9 cm³/mol. The first kappa shape index (κ1) is 18.1. The van der Waals surface area contributed by atoms with E-state index in [1.807, 2.05) is 0 Å². The van der Waals surface area contributed by atoms with Gasteiger partial charge in [0.25, 0.3) is 0 Å². The number of nitrogens with zero attached hydrogens (tertiary/aromatic N) is 1. The van der Waals surface area contributed by atoms with Crippen LogP contribution in [0.1, 0.15) is 51.9 Å². The van der Waals surface area contributed by atoms with Crippen molar-refractivity contribution < 1.29 is 9.18 Å². The van der Waals surface area contributed by atoms with Crippen molar-refractivity contribution >= 4 is 5.91 Å². The van der Waals surface area contributed by atoms with Crippen molar-refractivity contribution in [1.82, 2.24) is 21.1 Å². The molecular weight excluding hydrogens is 307 g/mol. The van der Waals surface area contributed by atoms with Crippen LogP contribution in [-0.2, 0) is 4.79 Å². The second kappa shape index (κ2) is 8.59. The lowest BCUT2D eigenvalue weighted by Gasteiger charge is -2.34. The van der Waals surface area contributed by atoms with Crippen LogP contribution in [0, 0.1) is 17.8 Å². The van der Waals surface area contributed by atoms with Crippen molar-refractivity contribution in [3.05, 3.63) is 0 Å². The van der Waals surface area contributed by atoms with Gasteiger partial charge in [0.05, 0.1) is 12.1 Å². The Bertz CT molecular complexity index is 414. The van der Waals surface area contributed by atoms with Crippen molar-refractivity contribution in [3.63, 3.8) is 0 Å². The summed E-state index contributed by atoms with van der Waals surface area (Å²) in [7, 11) is 0. The number of carbonyl (C=O) groups is 1. The van der Waals surface area contributed by atoms with E-state index in [1.54, 1.807) is 0 Å². The number of nitrogens with one attached hydrogen (secondary N) is 3. The van der Waals surface area contributed by atoms with Gasteiger partial charge in [-0.1, -0.05) is 19.8 Å². The molecule has 3 rings (SSSR count). The molecule has 3 N–H and O–H groups in total. The summed E-state index contributed by atoms with van der Waals surface area (Å²) in [5.41, 5.74) is 3.25. The summed E-state index contributed by atoms with van der Waals surface area (Å²) in [5.74, 6) is 1.41. The maximum Gasteiger partial charge on any atom is 0.227 e. The highest BCUT2D eigenvalue weighted by Crippen LogP contribution is 2.33. The molecule has 1 aliphatic carbocycles. The lowest BCUT2D eigenvalue weighted by Crippen LogP contribution is -2.52. The highest BCUT2D eigenvalue weighted by molar-refractivity contribution is 5.79. The number of piperidine rings is 1. The van der Waals surface area contributed by atoms with Crippen LogP contribution in [0.2, 0.25) is 0 Å². The topological polar surface area (TPSA) is 56.4 Å². The fourth-order valence-corrected chi connectivity index (χ4v) is 4.49. The van der Waals surface area contributed by atoms with E-state index in [2.05, 4.69) is 28.0 Å². The van der Waals surface area contributed by atoms with E-state index in [1.165, 1.54) is 6.42 Å². The predicted octanol–water partition coefficient (Wildman–Crippen LogP) is 1.80. The summed E-state index contributed by atoms with van der Waals surface area (Å²) in [5, 5.41) is 8.74. The summed E-state index contributed by atoms with van der Waals surface area (Å²) >= 11 is 0. The number of alkyl halides is 1. The first-order chi connectivity index (χ1) is 11.6. The average molecular weight is 340 g/mol. The molecule has 3 fully saturated rings. The first-order valence-electron chi connectivity index (χ1n) is 9.80. The minimum absolute atomic E-state index is 0.0493. The zero-order chi connectivity index (χ0) is 16.9. The maximum atomic E-state index is 13.5. The number of hydrazine groups is 1. The fraction of sp³-hybridized carbons (Fsp3) is 0.944. The Kier molecular flexibility index (Phi) is 6.47. The van der Waals surface area contributed by atoms with Crippen molar-refractivity contribution in [2.45, 2.75) is 64.2 Å². The third-order valence-corrected chi connectivity index (χ3v) is 5.97. The molecule has 0 aromatic rings. The van der Waals surface area contributed by atoms with E-state index >= 15 is 0 Å². The summed E-state index contributed by atoms with van der Waals surface area (Å²) in [6, 6.07) is 0. The van der Waals surface area contributed by atoms with E-state index in [0.29, 0.717) is 11.8 Å². The molecule has 138 valence electrons. The SMILES string of the molecule is CCN1CC(C(=O)NC2CCC(CC3CCCC(F)C3)CN2)CN1. The van der Waals surface area contributed by atoms with Gasteiger partial charge >= 0.3 is 0 Å². The van der Waals surface area contributed by atoms with Gasteiger partial charge in [-0.15, -0.1) is 0 Å². The number of amides is 1. The van der Waals surface area contributed by atoms with Crippen LogP contribution >= 0.6 is 0 Å².